The minimum Gasteiger partial charge on any atom is -0.443 e. The van der Waals surface area contributed by atoms with E-state index in [9.17, 15) is 24.0 Å². The van der Waals surface area contributed by atoms with Gasteiger partial charge in [-0.05, 0) is 306 Å². The number of nitrogens with zero attached hydrogens (tertiary/aromatic N) is 14. The summed E-state index contributed by atoms with van der Waals surface area (Å²) in [7, 11) is 3.14. The zero-order valence-corrected chi connectivity index (χ0v) is 81.5. The highest BCUT2D eigenvalue weighted by atomic mass is 79.9. The molecule has 10 aromatic rings. The second-order valence-electron chi connectivity index (χ2n) is 33.5. The Kier molecular flexibility index (Phi) is 40.1. The first-order chi connectivity index (χ1) is 61.9. The summed E-state index contributed by atoms with van der Waals surface area (Å²) in [6, 6.07) is 38.1. The molecule has 692 valence electrons. The molecule has 7 fully saturated rings. The van der Waals surface area contributed by atoms with Crippen molar-refractivity contribution in [2.45, 2.75) is 224 Å². The zero-order chi connectivity index (χ0) is 92.6. The Bertz CT molecular complexity index is 5140. The van der Waals surface area contributed by atoms with E-state index in [2.05, 4.69) is 138 Å². The molecule has 36 heteroatoms. The molecule has 0 radical (unpaired) electrons. The number of fused-ring (bicyclic) bond motifs is 2. The molecule has 5 aliphatic heterocycles. The van der Waals surface area contributed by atoms with Crippen LogP contribution in [0.25, 0.3) is 11.3 Å². The fourth-order valence-electron chi connectivity index (χ4n) is 13.5. The lowest BCUT2D eigenvalue weighted by Gasteiger charge is -2.26. The molecule has 6 atom stereocenters. The third kappa shape index (κ3) is 33.7. The van der Waals surface area contributed by atoms with Crippen molar-refractivity contribution in [1.82, 2.24) is 69.7 Å². The molecule has 6 N–H and O–H groups in total. The van der Waals surface area contributed by atoms with Crippen LogP contribution in [0.4, 0.5) is 38.7 Å². The number of carbonyl (C=O) groups excluding carboxylic acids is 5. The average Bonchev–Trinajstić information content (AvgIpc) is 1.65. The van der Waals surface area contributed by atoms with Crippen LogP contribution in [0.5, 0.6) is 0 Å². The largest absolute Gasteiger partial charge is 0.443 e. The molecule has 2 aliphatic carbocycles. The number of carbonyl (C=O) groups is 5. The van der Waals surface area contributed by atoms with Gasteiger partial charge in [-0.1, -0.05) is 61.0 Å². The summed E-state index contributed by atoms with van der Waals surface area (Å²) in [6.07, 6.45) is 25.4. The molecule has 0 spiro atoms. The molecular formula is C93H117Br4ClN18O13. The fraction of sp³-hybridized carbons (Fsp3) is 0.473. The SMILES string of the molecule is Brc1cccc(C2CCCCO2)n1.Brc1cccc(C2CCCCO2)n1.C=CCCO.CC1CCOC(c2cccc(Br)n2)C1.CN(C(=O)OC(C)(C)C)c1cc(Cl)nc2c(C(=O)NC3CC3)cnn12.CN(C(=O)OC(C)(C)C)c1cc(Nc2cccc(C3CCCCO3)n2)nc2c(C(=O)NC3CC3)cnn12.Nc1cccc(C2CCCCO2)n1.O=Cc1cccc(Br)n1. The first-order valence-electron chi connectivity index (χ1n) is 43.6. The van der Waals surface area contributed by atoms with Crippen molar-refractivity contribution in [2.75, 3.05) is 74.6 Å². The summed E-state index contributed by atoms with van der Waals surface area (Å²) in [5, 5.41) is 25.8. The summed E-state index contributed by atoms with van der Waals surface area (Å²) in [5.41, 5.74) is 11.0. The number of nitrogens with one attached hydrogen (secondary N) is 3. The number of aliphatic hydroxyl groups is 1. The number of hydrogen-bond donors (Lipinski definition) is 5. The number of nitrogens with two attached hydrogens (primary N) is 1. The molecule has 129 heavy (non-hydrogen) atoms. The van der Waals surface area contributed by atoms with Gasteiger partial charge in [0.05, 0.1) is 71.4 Å². The number of aliphatic hydroxyl groups excluding tert-OH is 1. The Labute approximate surface area is 792 Å². The molecule has 0 aromatic carbocycles. The Morgan fingerprint density at radius 2 is 0.907 bits per heavy atom. The van der Waals surface area contributed by atoms with Crippen LogP contribution >= 0.6 is 75.3 Å². The van der Waals surface area contributed by atoms with Crippen LogP contribution < -0.4 is 31.5 Å². The third-order valence-corrected chi connectivity index (χ3v) is 22.3. The van der Waals surface area contributed by atoms with Gasteiger partial charge in [0.15, 0.2) is 17.6 Å². The van der Waals surface area contributed by atoms with Crippen molar-refractivity contribution in [3.05, 3.63) is 215 Å². The summed E-state index contributed by atoms with van der Waals surface area (Å²) in [6.45, 7) is 20.8. The van der Waals surface area contributed by atoms with Crippen molar-refractivity contribution in [1.29, 1.82) is 0 Å². The Balaban J connectivity index is 0.000000164. The highest BCUT2D eigenvalue weighted by Gasteiger charge is 2.32. The van der Waals surface area contributed by atoms with Gasteiger partial charge < -0.3 is 59.9 Å². The lowest BCUT2D eigenvalue weighted by molar-refractivity contribution is -0.00885. The van der Waals surface area contributed by atoms with Gasteiger partial charge in [-0.2, -0.15) is 19.2 Å². The number of ether oxygens (including phenoxy) is 7. The van der Waals surface area contributed by atoms with E-state index < -0.39 is 23.4 Å². The fourth-order valence-corrected chi connectivity index (χ4v) is 15.1. The summed E-state index contributed by atoms with van der Waals surface area (Å²) >= 11 is 19.3. The highest BCUT2D eigenvalue weighted by molar-refractivity contribution is 9.11. The van der Waals surface area contributed by atoms with Gasteiger partial charge in [0.2, 0.25) is 0 Å². The molecule has 4 amide bonds. The van der Waals surface area contributed by atoms with Gasteiger partial charge in [-0.3, -0.25) is 24.2 Å². The highest BCUT2D eigenvalue weighted by Crippen LogP contribution is 2.36. The molecule has 17 rings (SSSR count). The zero-order valence-electron chi connectivity index (χ0n) is 74.4. The second kappa shape index (κ2) is 50.8. The molecule has 15 heterocycles. The normalized spacial score (nSPS) is 18.8. The maximum atomic E-state index is 12.9. The Morgan fingerprint density at radius 1 is 0.512 bits per heavy atom. The topological polar surface area (TPSA) is 376 Å². The van der Waals surface area contributed by atoms with Crippen LogP contribution in [0.3, 0.4) is 0 Å². The maximum Gasteiger partial charge on any atom is 0.415 e. The molecular weight excluding hydrogens is 1930 g/mol. The number of nitrogen functional groups attached to an aromatic ring is 1. The van der Waals surface area contributed by atoms with Crippen LogP contribution in [0.15, 0.2) is 165 Å². The smallest absolute Gasteiger partial charge is 0.415 e. The monoisotopic (exact) mass is 2040 g/mol. The van der Waals surface area contributed by atoms with Gasteiger partial charge in [-0.15, -0.1) is 6.58 Å². The average molecular weight is 2050 g/mol. The van der Waals surface area contributed by atoms with E-state index in [1.54, 1.807) is 92.0 Å². The summed E-state index contributed by atoms with van der Waals surface area (Å²) in [4.78, 5) is 98.1. The van der Waals surface area contributed by atoms with E-state index in [-0.39, 0.29) is 71.8 Å². The number of halogens is 5. The van der Waals surface area contributed by atoms with Gasteiger partial charge in [-0.25, -0.2) is 49.5 Å². The molecule has 6 unspecified atom stereocenters. The summed E-state index contributed by atoms with van der Waals surface area (Å²) < 4.78 is 45.6. The Morgan fingerprint density at radius 3 is 1.28 bits per heavy atom. The number of amides is 4. The minimum atomic E-state index is -0.677. The number of aromatic nitrogens is 12. The van der Waals surface area contributed by atoms with Crippen molar-refractivity contribution < 1.29 is 62.2 Å². The van der Waals surface area contributed by atoms with Gasteiger partial charge in [0.25, 0.3) is 11.8 Å². The van der Waals surface area contributed by atoms with Crippen molar-refractivity contribution in [2.24, 2.45) is 5.92 Å². The van der Waals surface area contributed by atoms with Crippen molar-refractivity contribution in [3.8, 4) is 0 Å². The van der Waals surface area contributed by atoms with E-state index in [0.29, 0.717) is 68.9 Å². The van der Waals surface area contributed by atoms with Crippen LogP contribution in [-0.4, -0.2) is 172 Å². The molecule has 5 saturated heterocycles. The number of aldehydes is 1. The Hall–Kier alpha value is -9.40. The molecule has 7 aliphatic rings. The molecule has 0 bridgehead atoms. The van der Waals surface area contributed by atoms with Crippen LogP contribution in [0, 0.1) is 5.92 Å². The number of anilines is 5. The first-order valence-corrected chi connectivity index (χ1v) is 47.2. The molecule has 31 nitrogen and oxygen atoms in total. The number of hydrogen-bond acceptors (Lipinski definition) is 25. The third-order valence-electron chi connectivity index (χ3n) is 20.3. The van der Waals surface area contributed by atoms with E-state index in [1.807, 2.05) is 84.9 Å². The summed E-state index contributed by atoms with van der Waals surface area (Å²) in [5.74, 6) is 2.56. The predicted molar refractivity (Wildman–Crippen MR) is 510 cm³/mol. The predicted octanol–water partition coefficient (Wildman–Crippen LogP) is 20.6. The molecule has 10 aromatic heterocycles. The second-order valence-corrected chi connectivity index (χ2v) is 37.2. The lowest BCUT2D eigenvalue weighted by Crippen LogP contribution is -2.35. The van der Waals surface area contributed by atoms with Crippen molar-refractivity contribution in [3.63, 3.8) is 0 Å². The van der Waals surface area contributed by atoms with E-state index >= 15 is 0 Å². The lowest BCUT2D eigenvalue weighted by atomic mass is 9.96. The minimum absolute atomic E-state index is 0.0349. The number of pyridine rings is 6. The van der Waals surface area contributed by atoms with E-state index in [0.717, 1.165) is 152 Å². The standard InChI is InChI=1S/C26H33N7O4.C16H20ClN5O3.C11H14BrNO.2C10H12BrNO.C10H14N2O.C6H4BrNO.C4H8O/c1-26(2,3)37-25(35)32(4)22-14-21(30-20-10-7-8-18(29-20)19-9-5-6-13-36-19)31-23-17(15-27-33(22)23)24(34)28-16-11-12-16;1-16(2,3)25-15(24)21(4)12-7-11(17)20-13-10(8-18-22(12)13)14(23)19-9-5-6-9;1-8-5-6-14-10(7-8)9-3-2-4-11(12)13-9;3*11-10-6-3-4-8(12-10)9-5-1-2-7-13-9;7-6-3-1-2-5(4-9)8-6;1-2-3-4-5/h7-8,10,14-16,19H,5-6,9,11-13H2,1-4H3,(H,28,34)(H,29,30,31);7-9H,5-6H2,1-4H3,(H,19,23);2-4,8,10H,5-7H2,1H3;2*3-4,6,9H,1-2,5,7H2;3-4,6,9H,1-2,5,7H2,(H2,11,12);1-4H;2,5H,1,3-4H2. The van der Waals surface area contributed by atoms with Crippen LogP contribution in [0.2, 0.25) is 5.15 Å². The quantitative estimate of drug-likeness (QED) is 0.0260. The van der Waals surface area contributed by atoms with E-state index in [1.165, 1.54) is 82.2 Å². The molecule has 2 saturated carbocycles. The van der Waals surface area contributed by atoms with Crippen LogP contribution in [0.1, 0.15) is 261 Å². The van der Waals surface area contributed by atoms with Crippen LogP contribution in [-0.2, 0) is 33.2 Å². The van der Waals surface area contributed by atoms with E-state index in [4.69, 9.17) is 60.6 Å². The number of rotatable bonds is 16. The van der Waals surface area contributed by atoms with Gasteiger partial charge in [0, 0.05) is 78.0 Å². The maximum absolute atomic E-state index is 12.9. The van der Waals surface area contributed by atoms with Gasteiger partial charge in [0.1, 0.15) is 80.7 Å². The van der Waals surface area contributed by atoms with Crippen molar-refractivity contribution >= 4 is 146 Å². The first kappa shape index (κ1) is 102. The van der Waals surface area contributed by atoms with Gasteiger partial charge >= 0.3 is 12.2 Å².